The van der Waals surface area contributed by atoms with Gasteiger partial charge in [0.25, 0.3) is 0 Å². The summed E-state index contributed by atoms with van der Waals surface area (Å²) in [6.45, 7) is 0. The van der Waals surface area contributed by atoms with E-state index in [1.54, 1.807) is 0 Å². The Hall–Kier alpha value is -2.98. The molecule has 29 heavy (non-hydrogen) atoms. The molecular weight excluding hydrogens is 419 g/mol. The number of alkyl halides is 6. The van der Waals surface area contributed by atoms with Gasteiger partial charge in [-0.3, -0.25) is 0 Å². The number of aromatic carboxylic acids is 1. The quantitative estimate of drug-likeness (QED) is 0.467. The number of carbonyl (C=O) groups is 1. The van der Waals surface area contributed by atoms with Crippen molar-refractivity contribution in [2.75, 3.05) is 0 Å². The van der Waals surface area contributed by atoms with Gasteiger partial charge in [-0.05, 0) is 23.8 Å². The van der Waals surface area contributed by atoms with Crippen molar-refractivity contribution in [3.05, 3.63) is 76.1 Å². The molecule has 0 heterocycles. The van der Waals surface area contributed by atoms with Gasteiger partial charge in [-0.25, -0.2) is 18.0 Å². The first-order valence-corrected chi connectivity index (χ1v) is 7.56. The van der Waals surface area contributed by atoms with Gasteiger partial charge in [0.15, 0.2) is 17.5 Å². The fraction of sp³-hybridized carbons (Fsp3) is 0.167. The molecule has 0 saturated heterocycles. The maximum atomic E-state index is 13.8. The molecule has 2 rings (SSSR count). The van der Waals surface area contributed by atoms with Crippen LogP contribution in [-0.2, 0) is 6.18 Å². The van der Waals surface area contributed by atoms with Crippen molar-refractivity contribution in [1.29, 1.82) is 0 Å². The Kier molecular flexibility index (Phi) is 6.00. The molecular formula is C18H9F9O2. The number of rotatable bonds is 4. The highest BCUT2D eigenvalue weighted by Crippen LogP contribution is 2.39. The summed E-state index contributed by atoms with van der Waals surface area (Å²) in [7, 11) is 0. The average molecular weight is 428 g/mol. The van der Waals surface area contributed by atoms with Gasteiger partial charge in [0.2, 0.25) is 0 Å². The summed E-state index contributed by atoms with van der Waals surface area (Å²) in [5.74, 6) is -10.6. The summed E-state index contributed by atoms with van der Waals surface area (Å²) in [5.41, 5.74) is -4.46. The number of allylic oxidation sites excluding steroid dienone is 1. The van der Waals surface area contributed by atoms with E-state index in [4.69, 9.17) is 5.11 Å². The van der Waals surface area contributed by atoms with Gasteiger partial charge < -0.3 is 5.11 Å². The molecule has 0 aliphatic heterocycles. The molecule has 11 heteroatoms. The number of hydrogen-bond donors (Lipinski definition) is 1. The van der Waals surface area contributed by atoms with E-state index < -0.39 is 63.9 Å². The van der Waals surface area contributed by atoms with E-state index in [0.29, 0.717) is 24.3 Å². The van der Waals surface area contributed by atoms with Gasteiger partial charge in [0, 0.05) is 5.56 Å². The first kappa shape index (κ1) is 22.3. The second-order valence-electron chi connectivity index (χ2n) is 5.75. The molecule has 0 bridgehead atoms. The van der Waals surface area contributed by atoms with E-state index in [1.165, 1.54) is 0 Å². The highest BCUT2D eigenvalue weighted by Gasteiger charge is 2.41. The number of carboxylic acids is 1. The first-order valence-electron chi connectivity index (χ1n) is 7.56. The normalized spacial score (nSPS) is 13.7. The van der Waals surface area contributed by atoms with E-state index >= 15 is 0 Å². The molecule has 0 fully saturated rings. The molecule has 1 N–H and O–H groups in total. The van der Waals surface area contributed by atoms with Gasteiger partial charge in [-0.15, -0.1) is 0 Å². The maximum absolute atomic E-state index is 13.8. The largest absolute Gasteiger partial charge is 0.478 e. The molecule has 0 aromatic heterocycles. The highest BCUT2D eigenvalue weighted by atomic mass is 19.4. The summed E-state index contributed by atoms with van der Waals surface area (Å²) in [6.07, 6.45) is -9.49. The summed E-state index contributed by atoms with van der Waals surface area (Å²) in [5, 5.41) is 8.80. The highest BCUT2D eigenvalue weighted by molar-refractivity contribution is 5.90. The lowest BCUT2D eigenvalue weighted by Gasteiger charge is -2.18. The van der Waals surface area contributed by atoms with E-state index in [-0.39, 0.29) is 12.1 Å². The van der Waals surface area contributed by atoms with Crippen molar-refractivity contribution in [2.45, 2.75) is 18.3 Å². The third-order valence-electron chi connectivity index (χ3n) is 3.81. The summed E-state index contributed by atoms with van der Waals surface area (Å²) < 4.78 is 119. The van der Waals surface area contributed by atoms with Crippen LogP contribution in [0.5, 0.6) is 0 Å². The number of benzene rings is 2. The molecule has 0 radical (unpaired) electrons. The van der Waals surface area contributed by atoms with Crippen molar-refractivity contribution in [3.8, 4) is 0 Å². The van der Waals surface area contributed by atoms with E-state index in [0.717, 1.165) is 6.07 Å². The van der Waals surface area contributed by atoms with E-state index in [9.17, 15) is 44.3 Å². The van der Waals surface area contributed by atoms with Crippen molar-refractivity contribution in [1.82, 2.24) is 0 Å². The number of carboxylic acid groups (broad SMARTS) is 1. The third kappa shape index (κ3) is 4.90. The zero-order valence-electron chi connectivity index (χ0n) is 13.9. The maximum Gasteiger partial charge on any atom is 0.417 e. The Morgan fingerprint density at radius 2 is 1.55 bits per heavy atom. The number of hydrogen-bond acceptors (Lipinski definition) is 1. The van der Waals surface area contributed by atoms with Gasteiger partial charge >= 0.3 is 18.3 Å². The standard InChI is InChI=1S/C18H9F9O2/c19-13-6-4-9(14(20)15(13)21)11(17(22,23)24)5-2-8-1-3-10(16(28)29)12(7-8)18(25,26)27/h1-7,11H,(H,28,29). The monoisotopic (exact) mass is 428 g/mol. The molecule has 0 saturated carbocycles. The van der Waals surface area contributed by atoms with Crippen LogP contribution in [0.25, 0.3) is 6.08 Å². The number of halogens is 9. The Morgan fingerprint density at radius 1 is 0.931 bits per heavy atom. The van der Waals surface area contributed by atoms with Crippen LogP contribution >= 0.6 is 0 Å². The van der Waals surface area contributed by atoms with Gasteiger partial charge in [-0.1, -0.05) is 24.3 Å². The van der Waals surface area contributed by atoms with Crippen molar-refractivity contribution in [3.63, 3.8) is 0 Å². The molecule has 2 aromatic rings. The Balaban J connectivity index is 2.54. The second-order valence-corrected chi connectivity index (χ2v) is 5.75. The lowest BCUT2D eigenvalue weighted by Crippen LogP contribution is -2.20. The topological polar surface area (TPSA) is 37.3 Å². The van der Waals surface area contributed by atoms with Crippen LogP contribution < -0.4 is 0 Å². The zero-order chi connectivity index (χ0) is 22.1. The average Bonchev–Trinajstić information content (AvgIpc) is 2.59. The third-order valence-corrected chi connectivity index (χ3v) is 3.81. The van der Waals surface area contributed by atoms with E-state index in [1.807, 2.05) is 0 Å². The summed E-state index contributed by atoms with van der Waals surface area (Å²) >= 11 is 0. The van der Waals surface area contributed by atoms with E-state index in [2.05, 4.69) is 0 Å². The summed E-state index contributed by atoms with van der Waals surface area (Å²) in [6, 6.07) is 2.31. The van der Waals surface area contributed by atoms with Crippen LogP contribution in [0, 0.1) is 17.5 Å². The molecule has 2 aromatic carbocycles. The van der Waals surface area contributed by atoms with Gasteiger partial charge in [0.05, 0.1) is 11.1 Å². The minimum Gasteiger partial charge on any atom is -0.478 e. The molecule has 1 atom stereocenters. The van der Waals surface area contributed by atoms with Gasteiger partial charge in [-0.2, -0.15) is 26.3 Å². The van der Waals surface area contributed by atoms with Crippen LogP contribution in [0.4, 0.5) is 39.5 Å². The Morgan fingerprint density at radius 3 is 2.07 bits per heavy atom. The van der Waals surface area contributed by atoms with Crippen LogP contribution in [0.2, 0.25) is 0 Å². The minimum atomic E-state index is -5.19. The predicted octanol–water partition coefficient (Wildman–Crippen LogP) is 6.18. The fourth-order valence-corrected chi connectivity index (χ4v) is 2.46. The molecule has 156 valence electrons. The second kappa shape index (κ2) is 7.80. The smallest absolute Gasteiger partial charge is 0.417 e. The lowest BCUT2D eigenvalue weighted by molar-refractivity contribution is -0.140. The Labute approximate surface area is 156 Å². The fourth-order valence-electron chi connectivity index (χ4n) is 2.46. The predicted molar refractivity (Wildman–Crippen MR) is 82.5 cm³/mol. The molecule has 0 aliphatic rings. The van der Waals surface area contributed by atoms with Crippen molar-refractivity contribution in [2.24, 2.45) is 0 Å². The van der Waals surface area contributed by atoms with Crippen molar-refractivity contribution < 1.29 is 49.4 Å². The molecule has 0 aliphatic carbocycles. The van der Waals surface area contributed by atoms with Crippen LogP contribution in [0.3, 0.4) is 0 Å². The van der Waals surface area contributed by atoms with Crippen LogP contribution in [0.1, 0.15) is 33.0 Å². The minimum absolute atomic E-state index is 0.256. The SMILES string of the molecule is O=C(O)c1ccc(C=CC(c2ccc(F)c(F)c2F)C(F)(F)F)cc1C(F)(F)F. The summed E-state index contributed by atoms with van der Waals surface area (Å²) in [4.78, 5) is 10.9. The Bertz CT molecular complexity index is 959. The molecule has 1 unspecified atom stereocenters. The first-order chi connectivity index (χ1) is 13.2. The van der Waals surface area contributed by atoms with Crippen LogP contribution in [0.15, 0.2) is 36.4 Å². The van der Waals surface area contributed by atoms with Crippen LogP contribution in [-0.4, -0.2) is 17.3 Å². The molecule has 0 spiro atoms. The lowest BCUT2D eigenvalue weighted by atomic mass is 9.95. The molecule has 2 nitrogen and oxygen atoms in total. The molecule has 0 amide bonds. The van der Waals surface area contributed by atoms with Gasteiger partial charge in [0.1, 0.15) is 5.92 Å². The van der Waals surface area contributed by atoms with Crippen molar-refractivity contribution >= 4 is 12.0 Å². The zero-order valence-corrected chi connectivity index (χ0v) is 13.9.